The number of benzene rings is 2. The van der Waals surface area contributed by atoms with Gasteiger partial charge in [0.05, 0.1) is 15.8 Å². The number of nitrogens with two attached hydrogens (primary N) is 1. The van der Waals surface area contributed by atoms with Gasteiger partial charge < -0.3 is 11.1 Å². The van der Waals surface area contributed by atoms with E-state index in [0.717, 1.165) is 5.69 Å². The summed E-state index contributed by atoms with van der Waals surface area (Å²) < 4.78 is 13.7. The van der Waals surface area contributed by atoms with E-state index >= 15 is 0 Å². The van der Waals surface area contributed by atoms with Crippen molar-refractivity contribution in [2.24, 2.45) is 0 Å². The van der Waals surface area contributed by atoms with Crippen molar-refractivity contribution in [3.63, 3.8) is 0 Å². The number of halogens is 2. The molecule has 0 unspecified atom stereocenters. The lowest BCUT2D eigenvalue weighted by molar-refractivity contribution is 0.622. The Labute approximate surface area is 101 Å². The molecule has 2 rings (SSSR count). The second kappa shape index (κ2) is 4.53. The molecule has 3 N–H and O–H groups in total. The summed E-state index contributed by atoms with van der Waals surface area (Å²) >= 11 is 3.10. The van der Waals surface area contributed by atoms with E-state index in [9.17, 15) is 4.39 Å². The van der Waals surface area contributed by atoms with Gasteiger partial charge in [0.1, 0.15) is 5.82 Å². The molecule has 0 aliphatic heterocycles. The zero-order valence-corrected chi connectivity index (χ0v) is 9.96. The van der Waals surface area contributed by atoms with Gasteiger partial charge >= 0.3 is 0 Å². The summed E-state index contributed by atoms with van der Waals surface area (Å²) in [7, 11) is 0. The van der Waals surface area contributed by atoms with Crippen LogP contribution < -0.4 is 11.1 Å². The third-order valence-corrected chi connectivity index (χ3v) is 2.80. The molecule has 0 spiro atoms. The number of anilines is 3. The number of nitrogen functional groups attached to an aromatic ring is 1. The fraction of sp³-hybridized carbons (Fsp3) is 0. The molecule has 0 radical (unpaired) electrons. The summed E-state index contributed by atoms with van der Waals surface area (Å²) in [6.07, 6.45) is 0. The molecule has 2 aromatic carbocycles. The Morgan fingerprint density at radius 1 is 1.12 bits per heavy atom. The molecular formula is C12H10BrFN2. The van der Waals surface area contributed by atoms with Crippen molar-refractivity contribution < 1.29 is 4.39 Å². The first-order valence-electron chi connectivity index (χ1n) is 4.73. The van der Waals surface area contributed by atoms with Crippen LogP contribution in [0.15, 0.2) is 46.9 Å². The van der Waals surface area contributed by atoms with Gasteiger partial charge in [-0.25, -0.2) is 4.39 Å². The average Bonchev–Trinajstić information content (AvgIpc) is 2.27. The lowest BCUT2D eigenvalue weighted by atomic mass is 10.2. The molecule has 0 saturated carbocycles. The van der Waals surface area contributed by atoms with Crippen LogP contribution in [0.5, 0.6) is 0 Å². The summed E-state index contributed by atoms with van der Waals surface area (Å²) in [6, 6.07) is 12.2. The fourth-order valence-electron chi connectivity index (χ4n) is 1.34. The van der Waals surface area contributed by atoms with Crippen LogP contribution in [-0.2, 0) is 0 Å². The van der Waals surface area contributed by atoms with Crippen LogP contribution in [0.1, 0.15) is 0 Å². The van der Waals surface area contributed by atoms with Crippen LogP contribution in [0.3, 0.4) is 0 Å². The van der Waals surface area contributed by atoms with Crippen molar-refractivity contribution in [2.75, 3.05) is 11.1 Å². The lowest BCUT2D eigenvalue weighted by Gasteiger charge is -2.09. The smallest absolute Gasteiger partial charge is 0.139 e. The van der Waals surface area contributed by atoms with Crippen molar-refractivity contribution in [2.45, 2.75) is 0 Å². The number of hydrogen-bond donors (Lipinski definition) is 2. The predicted molar refractivity (Wildman–Crippen MR) is 68.2 cm³/mol. The summed E-state index contributed by atoms with van der Waals surface area (Å²) in [4.78, 5) is 0. The molecule has 0 heterocycles. The van der Waals surface area contributed by atoms with E-state index < -0.39 is 0 Å². The van der Waals surface area contributed by atoms with E-state index in [0.29, 0.717) is 15.8 Å². The summed E-state index contributed by atoms with van der Waals surface area (Å²) in [5, 5.41) is 3.05. The van der Waals surface area contributed by atoms with E-state index in [1.165, 1.54) is 6.07 Å². The lowest BCUT2D eigenvalue weighted by Crippen LogP contribution is -1.96. The number of rotatable bonds is 2. The minimum atomic E-state index is -0.306. The van der Waals surface area contributed by atoms with E-state index in [4.69, 9.17) is 5.73 Å². The Kier molecular flexibility index (Phi) is 3.10. The van der Waals surface area contributed by atoms with E-state index in [-0.39, 0.29) is 5.82 Å². The molecule has 0 saturated heterocycles. The average molecular weight is 281 g/mol. The fourth-order valence-corrected chi connectivity index (χ4v) is 1.59. The van der Waals surface area contributed by atoms with Gasteiger partial charge in [0, 0.05) is 5.69 Å². The maximum absolute atomic E-state index is 13.3. The quantitative estimate of drug-likeness (QED) is 0.819. The van der Waals surface area contributed by atoms with Gasteiger partial charge in [-0.1, -0.05) is 12.1 Å². The SMILES string of the molecule is Nc1ccccc1Nc1ccc(Br)c(F)c1. The van der Waals surface area contributed by atoms with Crippen molar-refractivity contribution in [3.05, 3.63) is 52.8 Å². The van der Waals surface area contributed by atoms with Crippen LogP contribution in [-0.4, -0.2) is 0 Å². The third kappa shape index (κ3) is 2.33. The first-order chi connectivity index (χ1) is 7.66. The molecule has 2 nitrogen and oxygen atoms in total. The van der Waals surface area contributed by atoms with Gasteiger partial charge in [-0.15, -0.1) is 0 Å². The Bertz CT molecular complexity index is 514. The van der Waals surface area contributed by atoms with Crippen molar-refractivity contribution >= 4 is 33.0 Å². The first kappa shape index (κ1) is 11.0. The van der Waals surface area contributed by atoms with Gasteiger partial charge in [0.2, 0.25) is 0 Å². The molecule has 0 fully saturated rings. The van der Waals surface area contributed by atoms with Crippen LogP contribution in [0.25, 0.3) is 0 Å². The Balaban J connectivity index is 2.28. The minimum absolute atomic E-state index is 0.306. The highest BCUT2D eigenvalue weighted by Crippen LogP contribution is 2.25. The number of para-hydroxylation sites is 2. The van der Waals surface area contributed by atoms with E-state index in [2.05, 4.69) is 21.2 Å². The highest BCUT2D eigenvalue weighted by molar-refractivity contribution is 9.10. The molecule has 0 aliphatic carbocycles. The highest BCUT2D eigenvalue weighted by atomic mass is 79.9. The molecular weight excluding hydrogens is 271 g/mol. The summed E-state index contributed by atoms with van der Waals surface area (Å²) in [5.74, 6) is -0.306. The molecule has 2 aromatic rings. The Morgan fingerprint density at radius 3 is 2.56 bits per heavy atom. The van der Waals surface area contributed by atoms with Gasteiger partial charge in [-0.2, -0.15) is 0 Å². The van der Waals surface area contributed by atoms with Crippen LogP contribution in [0, 0.1) is 5.82 Å². The van der Waals surface area contributed by atoms with Crippen molar-refractivity contribution in [1.82, 2.24) is 0 Å². The maximum Gasteiger partial charge on any atom is 0.139 e. The second-order valence-electron chi connectivity index (χ2n) is 3.34. The maximum atomic E-state index is 13.3. The Hall–Kier alpha value is -1.55. The predicted octanol–water partition coefficient (Wildman–Crippen LogP) is 3.91. The van der Waals surface area contributed by atoms with Gasteiger partial charge in [0.15, 0.2) is 0 Å². The van der Waals surface area contributed by atoms with E-state index in [1.807, 2.05) is 18.2 Å². The highest BCUT2D eigenvalue weighted by Gasteiger charge is 2.02. The molecule has 0 aromatic heterocycles. The topological polar surface area (TPSA) is 38.0 Å². The van der Waals surface area contributed by atoms with Crippen LogP contribution in [0.4, 0.5) is 21.5 Å². The third-order valence-electron chi connectivity index (χ3n) is 2.16. The summed E-state index contributed by atoms with van der Waals surface area (Å²) in [6.45, 7) is 0. The molecule has 0 bridgehead atoms. The minimum Gasteiger partial charge on any atom is -0.397 e. The zero-order chi connectivity index (χ0) is 11.5. The van der Waals surface area contributed by atoms with Crippen LogP contribution in [0.2, 0.25) is 0 Å². The van der Waals surface area contributed by atoms with Crippen molar-refractivity contribution in [1.29, 1.82) is 0 Å². The standard InChI is InChI=1S/C12H10BrFN2/c13-9-6-5-8(7-10(9)14)16-12-4-2-1-3-11(12)15/h1-7,16H,15H2. The molecule has 0 atom stereocenters. The van der Waals surface area contributed by atoms with E-state index in [1.54, 1.807) is 18.2 Å². The number of nitrogens with one attached hydrogen (secondary N) is 1. The molecule has 82 valence electrons. The second-order valence-corrected chi connectivity index (χ2v) is 4.20. The zero-order valence-electron chi connectivity index (χ0n) is 8.37. The van der Waals surface area contributed by atoms with Crippen molar-refractivity contribution in [3.8, 4) is 0 Å². The largest absolute Gasteiger partial charge is 0.397 e. The first-order valence-corrected chi connectivity index (χ1v) is 5.53. The Morgan fingerprint density at radius 2 is 1.88 bits per heavy atom. The molecule has 16 heavy (non-hydrogen) atoms. The monoisotopic (exact) mass is 280 g/mol. The normalized spacial score (nSPS) is 10.1. The van der Waals surface area contributed by atoms with Gasteiger partial charge in [0.25, 0.3) is 0 Å². The molecule has 0 amide bonds. The molecule has 0 aliphatic rings. The van der Waals surface area contributed by atoms with Gasteiger partial charge in [-0.05, 0) is 46.3 Å². The van der Waals surface area contributed by atoms with Crippen LogP contribution >= 0.6 is 15.9 Å². The van der Waals surface area contributed by atoms with Gasteiger partial charge in [-0.3, -0.25) is 0 Å². The molecule has 4 heteroatoms. The number of hydrogen-bond acceptors (Lipinski definition) is 2. The summed E-state index contributed by atoms with van der Waals surface area (Å²) in [5.41, 5.74) is 7.83.